The molecule has 0 bridgehead atoms. The molecule has 0 saturated carbocycles. The van der Waals surface area contributed by atoms with Gasteiger partial charge in [0.05, 0.1) is 0 Å². The van der Waals surface area contributed by atoms with Crippen molar-refractivity contribution in [3.63, 3.8) is 0 Å². The van der Waals surface area contributed by atoms with Crippen molar-refractivity contribution >= 4 is 11.6 Å². The van der Waals surface area contributed by atoms with Crippen molar-refractivity contribution in [2.75, 3.05) is 30.8 Å². The molecule has 0 aromatic carbocycles. The topological polar surface area (TPSA) is 73.1 Å². The first kappa shape index (κ1) is 14.8. The van der Waals surface area contributed by atoms with E-state index >= 15 is 0 Å². The highest BCUT2D eigenvalue weighted by atomic mass is 19.4. The van der Waals surface area contributed by atoms with Crippen LogP contribution in [0.4, 0.5) is 24.8 Å². The van der Waals surface area contributed by atoms with Crippen molar-refractivity contribution in [2.24, 2.45) is 5.41 Å². The first-order valence-corrected chi connectivity index (χ1v) is 6.32. The van der Waals surface area contributed by atoms with Crippen molar-refractivity contribution in [1.82, 2.24) is 9.97 Å². The minimum absolute atomic E-state index is 0.0175. The number of ether oxygens (including phenoxy) is 1. The van der Waals surface area contributed by atoms with Gasteiger partial charge in [0.2, 0.25) is 5.82 Å². The fraction of sp³-hybridized carbons (Fsp3) is 0.667. The Morgan fingerprint density at radius 1 is 1.35 bits per heavy atom. The van der Waals surface area contributed by atoms with Gasteiger partial charge in [-0.2, -0.15) is 13.2 Å². The number of anilines is 2. The van der Waals surface area contributed by atoms with E-state index in [0.29, 0.717) is 19.8 Å². The number of alkyl halides is 3. The summed E-state index contributed by atoms with van der Waals surface area (Å²) in [6, 6.07) is 1.30. The number of nitrogens with zero attached hydrogens (tertiary/aromatic N) is 2. The Balaban J connectivity index is 2.07. The standard InChI is InChI=1S/C12H17F3N4O/c1-11(2-4-20-5-3-11)7-17-9-6-8(16)18-10(19-9)12(13,14)15/h6H,2-5,7H2,1H3,(H3,16,17,18,19). The third-order valence-electron chi connectivity index (χ3n) is 3.40. The molecule has 1 aromatic rings. The molecule has 3 N–H and O–H groups in total. The van der Waals surface area contributed by atoms with Crippen molar-refractivity contribution in [1.29, 1.82) is 0 Å². The highest BCUT2D eigenvalue weighted by Gasteiger charge is 2.35. The van der Waals surface area contributed by atoms with Gasteiger partial charge in [-0.15, -0.1) is 0 Å². The second kappa shape index (κ2) is 5.43. The van der Waals surface area contributed by atoms with Crippen LogP contribution in [0.2, 0.25) is 0 Å². The van der Waals surface area contributed by atoms with Gasteiger partial charge in [0.1, 0.15) is 11.6 Å². The zero-order chi connectivity index (χ0) is 14.8. The maximum atomic E-state index is 12.6. The number of hydrogen-bond acceptors (Lipinski definition) is 5. The number of nitrogens with one attached hydrogen (secondary N) is 1. The molecule has 5 nitrogen and oxygen atoms in total. The summed E-state index contributed by atoms with van der Waals surface area (Å²) in [6.07, 6.45) is -2.90. The van der Waals surface area contributed by atoms with Gasteiger partial charge in [-0.25, -0.2) is 9.97 Å². The van der Waals surface area contributed by atoms with Gasteiger partial charge in [0, 0.05) is 25.8 Å². The van der Waals surface area contributed by atoms with Gasteiger partial charge < -0.3 is 15.8 Å². The first-order valence-electron chi connectivity index (χ1n) is 6.32. The molecule has 1 fully saturated rings. The Morgan fingerprint density at radius 3 is 2.60 bits per heavy atom. The van der Waals surface area contributed by atoms with Crippen molar-refractivity contribution in [3.05, 3.63) is 11.9 Å². The second-order valence-corrected chi connectivity index (χ2v) is 5.28. The molecule has 1 aliphatic heterocycles. The van der Waals surface area contributed by atoms with E-state index in [9.17, 15) is 13.2 Å². The van der Waals surface area contributed by atoms with Gasteiger partial charge in [0.25, 0.3) is 0 Å². The summed E-state index contributed by atoms with van der Waals surface area (Å²) in [4.78, 5) is 6.66. The highest BCUT2D eigenvalue weighted by Crippen LogP contribution is 2.31. The average Bonchev–Trinajstić information content (AvgIpc) is 2.36. The Hall–Kier alpha value is -1.57. The Morgan fingerprint density at radius 2 is 2.00 bits per heavy atom. The normalized spacial score (nSPS) is 18.8. The van der Waals surface area contributed by atoms with Crippen LogP contribution in [0.5, 0.6) is 0 Å². The number of nitrogens with two attached hydrogens (primary N) is 1. The van der Waals surface area contributed by atoms with Crippen molar-refractivity contribution < 1.29 is 17.9 Å². The van der Waals surface area contributed by atoms with Gasteiger partial charge in [0.15, 0.2) is 0 Å². The summed E-state index contributed by atoms with van der Waals surface area (Å²) in [5.74, 6) is -1.33. The molecule has 2 rings (SSSR count). The fourth-order valence-corrected chi connectivity index (χ4v) is 2.03. The quantitative estimate of drug-likeness (QED) is 0.893. The second-order valence-electron chi connectivity index (χ2n) is 5.28. The molecule has 112 valence electrons. The van der Waals surface area contributed by atoms with Crippen LogP contribution in [0.25, 0.3) is 0 Å². The Kier molecular flexibility index (Phi) is 4.03. The third kappa shape index (κ3) is 3.72. The monoisotopic (exact) mass is 290 g/mol. The van der Waals surface area contributed by atoms with Gasteiger partial charge in [-0.3, -0.25) is 0 Å². The van der Waals surface area contributed by atoms with E-state index in [1.165, 1.54) is 6.07 Å². The molecule has 0 spiro atoms. The number of rotatable bonds is 3. The maximum absolute atomic E-state index is 12.6. The molecule has 0 aliphatic carbocycles. The van der Waals surface area contributed by atoms with E-state index in [4.69, 9.17) is 10.5 Å². The molecule has 0 radical (unpaired) electrons. The van der Waals surface area contributed by atoms with Crippen LogP contribution in [0.15, 0.2) is 6.07 Å². The molecule has 0 amide bonds. The number of halogens is 3. The molecular formula is C12H17F3N4O. The smallest absolute Gasteiger partial charge is 0.384 e. The molecule has 2 heterocycles. The summed E-state index contributed by atoms with van der Waals surface area (Å²) < 4.78 is 43.1. The molecule has 8 heteroatoms. The molecular weight excluding hydrogens is 273 g/mol. The third-order valence-corrected chi connectivity index (χ3v) is 3.40. The SMILES string of the molecule is CC1(CNc2cc(N)nc(C(F)(F)F)n2)CCOCC1. The summed E-state index contributed by atoms with van der Waals surface area (Å²) >= 11 is 0. The van der Waals surface area contributed by atoms with Crippen LogP contribution in [-0.4, -0.2) is 29.7 Å². The van der Waals surface area contributed by atoms with Gasteiger partial charge in [-0.05, 0) is 18.3 Å². The number of nitrogen functional groups attached to an aromatic ring is 1. The molecule has 1 aliphatic rings. The van der Waals surface area contributed by atoms with E-state index in [2.05, 4.69) is 22.2 Å². The van der Waals surface area contributed by atoms with Gasteiger partial charge >= 0.3 is 6.18 Å². The zero-order valence-corrected chi connectivity index (χ0v) is 11.1. The molecule has 0 unspecified atom stereocenters. The van der Waals surface area contributed by atoms with Crippen molar-refractivity contribution in [2.45, 2.75) is 25.9 Å². The molecule has 20 heavy (non-hydrogen) atoms. The summed E-state index contributed by atoms with van der Waals surface area (Å²) in [5, 5.41) is 2.92. The van der Waals surface area contributed by atoms with Crippen LogP contribution >= 0.6 is 0 Å². The van der Waals surface area contributed by atoms with E-state index in [0.717, 1.165) is 12.8 Å². The fourth-order valence-electron chi connectivity index (χ4n) is 2.03. The van der Waals surface area contributed by atoms with E-state index in [-0.39, 0.29) is 17.1 Å². The Labute approximate surface area is 114 Å². The first-order chi connectivity index (χ1) is 9.28. The summed E-state index contributed by atoms with van der Waals surface area (Å²) in [6.45, 7) is 3.91. The maximum Gasteiger partial charge on any atom is 0.451 e. The highest BCUT2D eigenvalue weighted by molar-refractivity contribution is 5.45. The van der Waals surface area contributed by atoms with Gasteiger partial charge in [-0.1, -0.05) is 6.92 Å². The summed E-state index contributed by atoms with van der Waals surface area (Å²) in [7, 11) is 0. The summed E-state index contributed by atoms with van der Waals surface area (Å²) in [5.41, 5.74) is 5.37. The van der Waals surface area contributed by atoms with Crippen LogP contribution in [0.1, 0.15) is 25.6 Å². The van der Waals surface area contributed by atoms with E-state index in [1.807, 2.05) is 0 Å². The largest absolute Gasteiger partial charge is 0.451 e. The predicted octanol–water partition coefficient (Wildman–Crippen LogP) is 2.31. The van der Waals surface area contributed by atoms with Crippen LogP contribution in [-0.2, 0) is 10.9 Å². The van der Waals surface area contributed by atoms with E-state index in [1.54, 1.807) is 0 Å². The van der Waals surface area contributed by atoms with Crippen LogP contribution in [0, 0.1) is 5.41 Å². The predicted molar refractivity (Wildman–Crippen MR) is 68.1 cm³/mol. The molecule has 1 aromatic heterocycles. The molecule has 1 saturated heterocycles. The lowest BCUT2D eigenvalue weighted by atomic mass is 9.82. The number of hydrogen-bond donors (Lipinski definition) is 2. The minimum atomic E-state index is -4.60. The minimum Gasteiger partial charge on any atom is -0.384 e. The molecule has 0 atom stereocenters. The van der Waals surface area contributed by atoms with Crippen LogP contribution < -0.4 is 11.1 Å². The lowest BCUT2D eigenvalue weighted by molar-refractivity contribution is -0.144. The number of aromatic nitrogens is 2. The van der Waals surface area contributed by atoms with Crippen LogP contribution in [0.3, 0.4) is 0 Å². The van der Waals surface area contributed by atoms with Crippen molar-refractivity contribution in [3.8, 4) is 0 Å². The lowest BCUT2D eigenvalue weighted by Crippen LogP contribution is -2.33. The Bertz CT molecular complexity index is 472. The van der Waals surface area contributed by atoms with E-state index < -0.39 is 12.0 Å². The lowest BCUT2D eigenvalue weighted by Gasteiger charge is -2.33. The zero-order valence-electron chi connectivity index (χ0n) is 11.1. The average molecular weight is 290 g/mol.